The summed E-state index contributed by atoms with van der Waals surface area (Å²) in [5, 5.41) is 19.8. The molecule has 2 N–H and O–H groups in total. The van der Waals surface area contributed by atoms with Crippen molar-refractivity contribution in [3.8, 4) is 0 Å². The van der Waals surface area contributed by atoms with E-state index in [2.05, 4.69) is 34.6 Å². The Balaban J connectivity index is 1.75. The molecule has 0 radical (unpaired) electrons. The Morgan fingerprint density at radius 3 is 2.38 bits per heavy atom. The van der Waals surface area contributed by atoms with Crippen LogP contribution in [0.2, 0.25) is 0 Å². The van der Waals surface area contributed by atoms with E-state index in [4.69, 9.17) is 0 Å². The molecule has 0 spiro atoms. The van der Waals surface area contributed by atoms with E-state index in [-0.39, 0.29) is 35.9 Å². The zero-order valence-corrected chi connectivity index (χ0v) is 21.2. The van der Waals surface area contributed by atoms with E-state index in [9.17, 15) is 19.8 Å². The van der Waals surface area contributed by atoms with E-state index >= 15 is 0 Å². The van der Waals surface area contributed by atoms with Crippen LogP contribution in [-0.2, 0) is 9.59 Å². The van der Waals surface area contributed by atoms with Gasteiger partial charge >= 0.3 is 5.97 Å². The highest BCUT2D eigenvalue weighted by Crippen LogP contribution is 2.61. The number of hydrogen-bond donors (Lipinski definition) is 2. The van der Waals surface area contributed by atoms with Crippen LogP contribution in [0.5, 0.6) is 0 Å². The van der Waals surface area contributed by atoms with Gasteiger partial charge < -0.3 is 10.2 Å². The van der Waals surface area contributed by atoms with Gasteiger partial charge in [0.2, 0.25) is 0 Å². The third-order valence-corrected chi connectivity index (χ3v) is 10.1. The number of carboxylic acid groups (broad SMARTS) is 1. The largest absolute Gasteiger partial charge is 0.481 e. The van der Waals surface area contributed by atoms with Gasteiger partial charge in [-0.25, -0.2) is 0 Å². The summed E-state index contributed by atoms with van der Waals surface area (Å²) in [4.78, 5) is 25.0. The predicted octanol–water partition coefficient (Wildman–Crippen LogP) is 6.49. The van der Waals surface area contributed by atoms with Crippen molar-refractivity contribution < 1.29 is 19.8 Å². The lowest BCUT2D eigenvalue weighted by atomic mass is 9.46. The number of carbonyl (C=O) groups is 2. The lowest BCUT2D eigenvalue weighted by Gasteiger charge is -2.58. The zero-order valence-electron chi connectivity index (χ0n) is 21.2. The first kappa shape index (κ1) is 25.7. The molecule has 3 rings (SSSR count). The first-order chi connectivity index (χ1) is 15.0. The third kappa shape index (κ3) is 5.42. The quantitative estimate of drug-likeness (QED) is 0.445. The SMILES string of the molecule is CC(C)CCC[C@H](C)[C@H]1CC[C@@H]2[C@H](CC(=O)O)[C@H]([C@]3(C)CC[C@H](O)CC3=O)CC[C@]2(C)C1. The van der Waals surface area contributed by atoms with Gasteiger partial charge in [-0.1, -0.05) is 53.9 Å². The number of ketones is 1. The summed E-state index contributed by atoms with van der Waals surface area (Å²) in [6, 6.07) is 0. The van der Waals surface area contributed by atoms with Crippen molar-refractivity contribution in [3.63, 3.8) is 0 Å². The first-order valence-electron chi connectivity index (χ1n) is 13.4. The summed E-state index contributed by atoms with van der Waals surface area (Å²) in [5.74, 6) is 2.30. The van der Waals surface area contributed by atoms with Crippen LogP contribution in [0, 0.1) is 46.3 Å². The van der Waals surface area contributed by atoms with E-state index in [0.717, 1.165) is 37.0 Å². The maximum atomic E-state index is 13.1. The van der Waals surface area contributed by atoms with Crippen molar-refractivity contribution in [2.24, 2.45) is 46.3 Å². The molecule has 184 valence electrons. The molecule has 0 aliphatic heterocycles. The predicted molar refractivity (Wildman–Crippen MR) is 128 cm³/mol. The fourth-order valence-corrected chi connectivity index (χ4v) is 7.99. The summed E-state index contributed by atoms with van der Waals surface area (Å²) in [6.07, 6.45) is 10.8. The molecule has 0 unspecified atom stereocenters. The van der Waals surface area contributed by atoms with Crippen LogP contribution < -0.4 is 0 Å². The van der Waals surface area contributed by atoms with Gasteiger partial charge in [0, 0.05) is 18.3 Å². The summed E-state index contributed by atoms with van der Waals surface area (Å²) in [7, 11) is 0. The number of aliphatic carboxylic acids is 1. The number of hydrogen-bond acceptors (Lipinski definition) is 3. The van der Waals surface area contributed by atoms with E-state index in [1.54, 1.807) is 0 Å². The van der Waals surface area contributed by atoms with Crippen molar-refractivity contribution in [1.29, 1.82) is 0 Å². The molecule has 3 aliphatic carbocycles. The van der Waals surface area contributed by atoms with Gasteiger partial charge in [-0.3, -0.25) is 9.59 Å². The molecule has 4 heteroatoms. The van der Waals surface area contributed by atoms with Crippen LogP contribution in [0.4, 0.5) is 0 Å². The van der Waals surface area contributed by atoms with Crippen LogP contribution in [0.3, 0.4) is 0 Å². The number of rotatable bonds is 8. The van der Waals surface area contributed by atoms with Crippen LogP contribution in [-0.4, -0.2) is 28.1 Å². The minimum absolute atomic E-state index is 0.0765. The summed E-state index contributed by atoms with van der Waals surface area (Å²) in [6.45, 7) is 11.5. The molecule has 0 amide bonds. The highest BCUT2D eigenvalue weighted by Gasteiger charge is 2.56. The van der Waals surface area contributed by atoms with Crippen molar-refractivity contribution >= 4 is 11.8 Å². The standard InChI is InChI=1S/C28H48O4/c1-18(2)7-6-8-19(3)20-9-10-23-22(16-26(31)32)24(12-13-27(23,4)17-20)28(5)14-11-21(29)15-25(28)30/h18-24,29H,6-17H2,1-5H3,(H,31,32)/t19-,20-,21-,22-,23+,24+,27+,28-/m0/s1. The molecule has 0 aromatic heterocycles. The van der Waals surface area contributed by atoms with Gasteiger partial charge in [0.15, 0.2) is 0 Å². The van der Waals surface area contributed by atoms with E-state index in [0.29, 0.717) is 18.8 Å². The molecule has 0 heterocycles. The summed E-state index contributed by atoms with van der Waals surface area (Å²) in [5.41, 5.74) is -0.277. The number of aliphatic hydroxyl groups is 1. The van der Waals surface area contributed by atoms with Crippen LogP contribution in [0.1, 0.15) is 112 Å². The molecule has 32 heavy (non-hydrogen) atoms. The number of aliphatic hydroxyl groups excluding tert-OH is 1. The van der Waals surface area contributed by atoms with Gasteiger partial charge in [0.25, 0.3) is 0 Å². The smallest absolute Gasteiger partial charge is 0.303 e. The van der Waals surface area contributed by atoms with Gasteiger partial charge in [-0.15, -0.1) is 0 Å². The minimum Gasteiger partial charge on any atom is -0.481 e. The molecular weight excluding hydrogens is 400 g/mol. The maximum absolute atomic E-state index is 13.1. The van der Waals surface area contributed by atoms with Crippen LogP contribution in [0.25, 0.3) is 0 Å². The van der Waals surface area contributed by atoms with Crippen molar-refractivity contribution in [1.82, 2.24) is 0 Å². The van der Waals surface area contributed by atoms with Crippen molar-refractivity contribution in [2.45, 2.75) is 118 Å². The molecule has 8 atom stereocenters. The normalized spacial score (nSPS) is 41.3. The van der Waals surface area contributed by atoms with E-state index < -0.39 is 17.5 Å². The van der Waals surface area contributed by atoms with E-state index in [1.807, 2.05) is 0 Å². The summed E-state index contributed by atoms with van der Waals surface area (Å²) < 4.78 is 0. The lowest BCUT2D eigenvalue weighted by Crippen LogP contribution is -2.53. The number of Topliss-reactive ketones (excluding diaryl/α,β-unsaturated/α-hetero) is 1. The van der Waals surface area contributed by atoms with Gasteiger partial charge in [-0.05, 0) is 85.9 Å². The fraction of sp³-hybridized carbons (Fsp3) is 0.929. The lowest BCUT2D eigenvalue weighted by molar-refractivity contribution is -0.155. The Bertz CT molecular complexity index is 672. The summed E-state index contributed by atoms with van der Waals surface area (Å²) >= 11 is 0. The van der Waals surface area contributed by atoms with E-state index in [1.165, 1.54) is 32.1 Å². The molecule has 3 saturated carbocycles. The molecule has 3 fully saturated rings. The topological polar surface area (TPSA) is 74.6 Å². The highest BCUT2D eigenvalue weighted by molar-refractivity contribution is 5.86. The monoisotopic (exact) mass is 448 g/mol. The average molecular weight is 449 g/mol. The molecule has 0 saturated heterocycles. The Hall–Kier alpha value is -0.900. The molecule has 0 aromatic rings. The number of carbonyl (C=O) groups excluding carboxylic acids is 1. The molecular formula is C28H48O4. The van der Waals surface area contributed by atoms with Gasteiger partial charge in [0.05, 0.1) is 6.10 Å². The Labute approximate surface area is 195 Å². The van der Waals surface area contributed by atoms with Gasteiger partial charge in [-0.2, -0.15) is 0 Å². The van der Waals surface area contributed by atoms with Gasteiger partial charge in [0.1, 0.15) is 5.78 Å². The first-order valence-corrected chi connectivity index (χ1v) is 13.4. The molecule has 0 aromatic carbocycles. The minimum atomic E-state index is -0.722. The highest BCUT2D eigenvalue weighted by atomic mass is 16.4. The van der Waals surface area contributed by atoms with Crippen LogP contribution >= 0.6 is 0 Å². The average Bonchev–Trinajstić information content (AvgIpc) is 2.69. The fourth-order valence-electron chi connectivity index (χ4n) is 7.99. The van der Waals surface area contributed by atoms with Crippen molar-refractivity contribution in [2.75, 3.05) is 0 Å². The molecule has 0 bridgehead atoms. The number of fused-ring (bicyclic) bond motifs is 1. The number of carboxylic acids is 1. The van der Waals surface area contributed by atoms with Crippen LogP contribution in [0.15, 0.2) is 0 Å². The zero-order chi connectivity index (χ0) is 23.7. The second kappa shape index (κ2) is 10.2. The second-order valence-corrected chi connectivity index (χ2v) is 12.7. The molecule has 3 aliphatic rings. The second-order valence-electron chi connectivity index (χ2n) is 12.7. The maximum Gasteiger partial charge on any atom is 0.303 e. The molecule has 4 nitrogen and oxygen atoms in total. The Morgan fingerprint density at radius 1 is 1.03 bits per heavy atom. The Morgan fingerprint density at radius 2 is 1.75 bits per heavy atom. The Kier molecular flexibility index (Phi) is 8.16. The van der Waals surface area contributed by atoms with Crippen molar-refractivity contribution in [3.05, 3.63) is 0 Å². The third-order valence-electron chi connectivity index (χ3n) is 10.1.